The molecule has 1 aliphatic rings. The van der Waals surface area contributed by atoms with E-state index in [1.807, 2.05) is 17.9 Å². The van der Waals surface area contributed by atoms with Crippen molar-refractivity contribution in [1.82, 2.24) is 15.1 Å². The summed E-state index contributed by atoms with van der Waals surface area (Å²) in [6.45, 7) is 1.19. The molecule has 3 nitrogen and oxygen atoms in total. The third-order valence-electron chi connectivity index (χ3n) is 2.40. The van der Waals surface area contributed by atoms with Gasteiger partial charge in [-0.1, -0.05) is 0 Å². The van der Waals surface area contributed by atoms with Crippen LogP contribution in [0, 0.1) is 0 Å². The highest BCUT2D eigenvalue weighted by atomic mass is 15.2. The van der Waals surface area contributed by atoms with Gasteiger partial charge in [0, 0.05) is 19.3 Å². The monoisotopic (exact) mass is 165 g/mol. The van der Waals surface area contributed by atoms with Gasteiger partial charge in [0.05, 0.1) is 6.20 Å². The van der Waals surface area contributed by atoms with Crippen LogP contribution in [0.4, 0.5) is 0 Å². The van der Waals surface area contributed by atoms with Gasteiger partial charge in [0.15, 0.2) is 0 Å². The highest BCUT2D eigenvalue weighted by molar-refractivity contribution is 5.06. The minimum absolute atomic E-state index is 0.689. The van der Waals surface area contributed by atoms with Crippen molar-refractivity contribution in [3.63, 3.8) is 0 Å². The van der Waals surface area contributed by atoms with E-state index in [-0.39, 0.29) is 0 Å². The molecule has 2 heterocycles. The molecule has 0 amide bonds. The van der Waals surface area contributed by atoms with Crippen LogP contribution in [0.15, 0.2) is 12.4 Å². The first-order valence-corrected chi connectivity index (χ1v) is 4.55. The Morgan fingerprint density at radius 1 is 1.75 bits per heavy atom. The molecule has 1 saturated heterocycles. The van der Waals surface area contributed by atoms with Crippen LogP contribution in [0.25, 0.3) is 0 Å². The molecule has 0 radical (unpaired) electrons. The fourth-order valence-electron chi connectivity index (χ4n) is 1.79. The smallest absolute Gasteiger partial charge is 0.0522 e. The summed E-state index contributed by atoms with van der Waals surface area (Å²) in [4.78, 5) is 0. The van der Waals surface area contributed by atoms with E-state index in [0.29, 0.717) is 6.04 Å². The molecule has 0 unspecified atom stereocenters. The van der Waals surface area contributed by atoms with Crippen LogP contribution in [0.5, 0.6) is 0 Å². The van der Waals surface area contributed by atoms with E-state index in [1.165, 1.54) is 24.9 Å². The third-order valence-corrected chi connectivity index (χ3v) is 2.40. The second-order valence-electron chi connectivity index (χ2n) is 3.52. The molecule has 0 saturated carbocycles. The van der Waals surface area contributed by atoms with Crippen molar-refractivity contribution in [2.45, 2.75) is 25.3 Å². The van der Waals surface area contributed by atoms with E-state index in [4.69, 9.17) is 0 Å². The second kappa shape index (κ2) is 3.27. The van der Waals surface area contributed by atoms with Gasteiger partial charge >= 0.3 is 0 Å². The molecule has 1 fully saturated rings. The highest BCUT2D eigenvalue weighted by Gasteiger charge is 2.14. The van der Waals surface area contributed by atoms with Gasteiger partial charge in [0.2, 0.25) is 0 Å². The minimum Gasteiger partial charge on any atom is -0.314 e. The van der Waals surface area contributed by atoms with E-state index in [0.717, 1.165) is 6.42 Å². The Bertz CT molecular complexity index is 248. The molecule has 66 valence electrons. The molecule has 1 N–H and O–H groups in total. The van der Waals surface area contributed by atoms with E-state index in [2.05, 4.69) is 16.6 Å². The Hall–Kier alpha value is -0.830. The Labute approximate surface area is 72.8 Å². The Balaban J connectivity index is 1.94. The van der Waals surface area contributed by atoms with E-state index < -0.39 is 0 Å². The van der Waals surface area contributed by atoms with Crippen molar-refractivity contribution in [3.05, 3.63) is 18.0 Å². The molecule has 0 bridgehead atoms. The van der Waals surface area contributed by atoms with Gasteiger partial charge in [-0.2, -0.15) is 5.10 Å². The van der Waals surface area contributed by atoms with Crippen LogP contribution < -0.4 is 5.32 Å². The molecule has 0 aliphatic carbocycles. The zero-order valence-electron chi connectivity index (χ0n) is 7.45. The Morgan fingerprint density at radius 3 is 3.25 bits per heavy atom. The van der Waals surface area contributed by atoms with Crippen LogP contribution in [-0.2, 0) is 13.5 Å². The lowest BCUT2D eigenvalue weighted by molar-refractivity contribution is 0.602. The van der Waals surface area contributed by atoms with Gasteiger partial charge in [-0.3, -0.25) is 4.68 Å². The largest absolute Gasteiger partial charge is 0.314 e. The van der Waals surface area contributed by atoms with Gasteiger partial charge in [0.1, 0.15) is 0 Å². The molecule has 2 rings (SSSR count). The van der Waals surface area contributed by atoms with Crippen molar-refractivity contribution < 1.29 is 0 Å². The summed E-state index contributed by atoms with van der Waals surface area (Å²) in [5, 5.41) is 7.62. The minimum atomic E-state index is 0.689. The maximum absolute atomic E-state index is 4.15. The molecule has 12 heavy (non-hydrogen) atoms. The summed E-state index contributed by atoms with van der Waals surface area (Å²) in [6.07, 6.45) is 7.83. The van der Waals surface area contributed by atoms with Crippen molar-refractivity contribution in [1.29, 1.82) is 0 Å². The van der Waals surface area contributed by atoms with Gasteiger partial charge in [-0.15, -0.1) is 0 Å². The van der Waals surface area contributed by atoms with Gasteiger partial charge in [0.25, 0.3) is 0 Å². The van der Waals surface area contributed by atoms with E-state index in [1.54, 1.807) is 0 Å². The Morgan fingerprint density at radius 2 is 2.67 bits per heavy atom. The summed E-state index contributed by atoms with van der Waals surface area (Å²) in [5.41, 5.74) is 1.34. The topological polar surface area (TPSA) is 29.9 Å². The molecule has 1 aliphatic heterocycles. The maximum atomic E-state index is 4.15. The average molecular weight is 165 g/mol. The van der Waals surface area contributed by atoms with Crippen LogP contribution in [0.2, 0.25) is 0 Å². The van der Waals surface area contributed by atoms with Crippen LogP contribution >= 0.6 is 0 Å². The van der Waals surface area contributed by atoms with E-state index >= 15 is 0 Å². The van der Waals surface area contributed by atoms with Crippen LogP contribution in [0.3, 0.4) is 0 Å². The van der Waals surface area contributed by atoms with Gasteiger partial charge < -0.3 is 5.32 Å². The standard InChI is InChI=1S/C9H15N3/c1-12-7-8(6-11-12)5-9-3-2-4-10-9/h6-7,9-10H,2-5H2,1H3/t9-/m0/s1. The fraction of sp³-hybridized carbons (Fsp3) is 0.667. The second-order valence-corrected chi connectivity index (χ2v) is 3.52. The predicted molar refractivity (Wildman–Crippen MR) is 47.9 cm³/mol. The summed E-state index contributed by atoms with van der Waals surface area (Å²) in [7, 11) is 1.96. The lowest BCUT2D eigenvalue weighted by Crippen LogP contribution is -2.23. The van der Waals surface area contributed by atoms with Crippen molar-refractivity contribution >= 4 is 0 Å². The SMILES string of the molecule is Cn1cc(C[C@@H]2CCCN2)cn1. The summed E-state index contributed by atoms with van der Waals surface area (Å²) in [6, 6.07) is 0.689. The fourth-order valence-corrected chi connectivity index (χ4v) is 1.79. The molecule has 0 aromatic carbocycles. The molecule has 1 aromatic rings. The normalized spacial score (nSPS) is 23.2. The maximum Gasteiger partial charge on any atom is 0.0522 e. The van der Waals surface area contributed by atoms with Gasteiger partial charge in [-0.25, -0.2) is 0 Å². The average Bonchev–Trinajstić information content (AvgIpc) is 2.63. The quantitative estimate of drug-likeness (QED) is 0.699. The molecule has 1 aromatic heterocycles. The number of aryl methyl sites for hydroxylation is 1. The molecule has 0 spiro atoms. The van der Waals surface area contributed by atoms with Gasteiger partial charge in [-0.05, 0) is 31.4 Å². The lowest BCUT2D eigenvalue weighted by atomic mass is 10.1. The number of nitrogens with one attached hydrogen (secondary N) is 1. The first kappa shape index (κ1) is 7.80. The van der Waals surface area contributed by atoms with Crippen LogP contribution in [-0.4, -0.2) is 22.4 Å². The molecule has 1 atom stereocenters. The molecular formula is C9H15N3. The first-order chi connectivity index (χ1) is 5.84. The zero-order chi connectivity index (χ0) is 8.39. The zero-order valence-corrected chi connectivity index (χ0v) is 7.45. The third kappa shape index (κ3) is 1.67. The molecular weight excluding hydrogens is 150 g/mol. The number of rotatable bonds is 2. The number of hydrogen-bond donors (Lipinski definition) is 1. The molecule has 3 heteroatoms. The summed E-state index contributed by atoms with van der Waals surface area (Å²) < 4.78 is 1.87. The summed E-state index contributed by atoms with van der Waals surface area (Å²) in [5.74, 6) is 0. The van der Waals surface area contributed by atoms with Crippen molar-refractivity contribution in [3.8, 4) is 0 Å². The lowest BCUT2D eigenvalue weighted by Gasteiger charge is -2.06. The first-order valence-electron chi connectivity index (χ1n) is 4.55. The van der Waals surface area contributed by atoms with Crippen molar-refractivity contribution in [2.75, 3.05) is 6.54 Å². The highest BCUT2D eigenvalue weighted by Crippen LogP contribution is 2.10. The Kier molecular flexibility index (Phi) is 2.13. The number of aromatic nitrogens is 2. The van der Waals surface area contributed by atoms with Crippen LogP contribution in [0.1, 0.15) is 18.4 Å². The van der Waals surface area contributed by atoms with Crippen molar-refractivity contribution in [2.24, 2.45) is 7.05 Å². The number of hydrogen-bond acceptors (Lipinski definition) is 2. The predicted octanol–water partition coefficient (Wildman–Crippen LogP) is 0.715. The summed E-state index contributed by atoms with van der Waals surface area (Å²) >= 11 is 0. The number of nitrogens with zero attached hydrogens (tertiary/aromatic N) is 2. The van der Waals surface area contributed by atoms with E-state index in [9.17, 15) is 0 Å².